The molecule has 5 rings (SSSR count). The van der Waals surface area contributed by atoms with Crippen LogP contribution in [-0.4, -0.2) is 53.7 Å². The largest absolute Gasteiger partial charge is 0.454 e. The van der Waals surface area contributed by atoms with Crippen molar-refractivity contribution in [2.45, 2.75) is 18.9 Å². The van der Waals surface area contributed by atoms with Crippen molar-refractivity contribution in [1.82, 2.24) is 14.8 Å². The first kappa shape index (κ1) is 17.7. The molecular weight excluding hydrogens is 374 g/mol. The van der Waals surface area contributed by atoms with E-state index in [1.54, 1.807) is 11.3 Å². The molecule has 2 atom stereocenters. The number of nitrogens with zero attached hydrogens (tertiary/aromatic N) is 3. The monoisotopic (exact) mass is 397 g/mol. The van der Waals surface area contributed by atoms with Crippen molar-refractivity contribution in [1.29, 1.82) is 0 Å². The molecular formula is C21H23N3O3S. The molecule has 0 N–H and O–H groups in total. The first-order chi connectivity index (χ1) is 13.7. The SMILES string of the molecule is C=CCN1CC[C@@]2(CN(Cc3ccc4c(c3)OCO4)C[C@H]2c2nccs2)C1=O. The van der Waals surface area contributed by atoms with E-state index in [1.165, 1.54) is 5.56 Å². The number of benzene rings is 1. The van der Waals surface area contributed by atoms with Crippen LogP contribution in [0.2, 0.25) is 0 Å². The molecule has 0 saturated carbocycles. The standard InChI is InChI=1S/C21H23N3O3S/c1-2-7-24-8-5-21(20(24)25)13-23(12-16(21)19-22-6-9-28-19)11-15-3-4-17-18(10-15)27-14-26-17/h2-4,6,9-10,16H,1,5,7-8,11-14H2/t16-,21-/m0/s1. The van der Waals surface area contributed by atoms with Gasteiger partial charge in [0.15, 0.2) is 11.5 Å². The molecule has 4 heterocycles. The first-order valence-electron chi connectivity index (χ1n) is 9.60. The van der Waals surface area contributed by atoms with Crippen LogP contribution in [0.3, 0.4) is 0 Å². The third kappa shape index (κ3) is 2.81. The molecule has 3 aliphatic heterocycles. The second kappa shape index (κ2) is 6.90. The summed E-state index contributed by atoms with van der Waals surface area (Å²) in [5.41, 5.74) is 0.796. The Hall–Kier alpha value is -2.38. The summed E-state index contributed by atoms with van der Waals surface area (Å²) in [6, 6.07) is 6.10. The lowest BCUT2D eigenvalue weighted by Crippen LogP contribution is -2.39. The van der Waals surface area contributed by atoms with Crippen molar-refractivity contribution in [3.05, 3.63) is 53.0 Å². The second-order valence-corrected chi connectivity index (χ2v) is 8.65. The molecule has 2 aromatic rings. The quantitative estimate of drug-likeness (QED) is 0.726. The average Bonchev–Trinajstić information content (AvgIpc) is 3.46. The van der Waals surface area contributed by atoms with Gasteiger partial charge in [-0.15, -0.1) is 17.9 Å². The van der Waals surface area contributed by atoms with E-state index in [0.717, 1.165) is 49.1 Å². The van der Waals surface area contributed by atoms with Gasteiger partial charge in [0.05, 0.1) is 10.4 Å². The molecule has 28 heavy (non-hydrogen) atoms. The van der Waals surface area contributed by atoms with Gasteiger partial charge in [0, 0.05) is 50.2 Å². The summed E-state index contributed by atoms with van der Waals surface area (Å²) in [7, 11) is 0. The fourth-order valence-electron chi connectivity index (χ4n) is 4.80. The van der Waals surface area contributed by atoms with Gasteiger partial charge in [-0.05, 0) is 24.1 Å². The van der Waals surface area contributed by atoms with Crippen LogP contribution in [0.1, 0.15) is 22.9 Å². The summed E-state index contributed by atoms with van der Waals surface area (Å²) in [6.07, 6.45) is 4.53. The van der Waals surface area contributed by atoms with Crippen molar-refractivity contribution >= 4 is 17.2 Å². The molecule has 1 amide bonds. The van der Waals surface area contributed by atoms with Crippen LogP contribution in [0.4, 0.5) is 0 Å². The molecule has 2 fully saturated rings. The maximum Gasteiger partial charge on any atom is 0.231 e. The van der Waals surface area contributed by atoms with Gasteiger partial charge in [-0.1, -0.05) is 12.1 Å². The van der Waals surface area contributed by atoms with Crippen LogP contribution < -0.4 is 9.47 Å². The second-order valence-electron chi connectivity index (χ2n) is 7.73. The van der Waals surface area contributed by atoms with E-state index in [9.17, 15) is 4.79 Å². The molecule has 0 bridgehead atoms. The molecule has 0 radical (unpaired) electrons. The van der Waals surface area contributed by atoms with E-state index >= 15 is 0 Å². The van der Waals surface area contributed by atoms with Crippen LogP contribution >= 0.6 is 11.3 Å². The fraction of sp³-hybridized carbons (Fsp3) is 0.429. The van der Waals surface area contributed by atoms with Crippen molar-refractivity contribution < 1.29 is 14.3 Å². The van der Waals surface area contributed by atoms with Gasteiger partial charge >= 0.3 is 0 Å². The maximum absolute atomic E-state index is 13.4. The summed E-state index contributed by atoms with van der Waals surface area (Å²) < 4.78 is 10.9. The third-order valence-corrected chi connectivity index (χ3v) is 6.99. The number of amides is 1. The number of thiazole rings is 1. The predicted molar refractivity (Wildman–Crippen MR) is 107 cm³/mol. The van der Waals surface area contributed by atoms with Gasteiger partial charge in [0.2, 0.25) is 12.7 Å². The van der Waals surface area contributed by atoms with E-state index in [-0.39, 0.29) is 24.0 Å². The Kier molecular flexibility index (Phi) is 4.36. The zero-order valence-electron chi connectivity index (χ0n) is 15.7. The van der Waals surface area contributed by atoms with Gasteiger partial charge < -0.3 is 14.4 Å². The highest BCUT2D eigenvalue weighted by Crippen LogP contribution is 2.50. The fourth-order valence-corrected chi connectivity index (χ4v) is 5.65. The van der Waals surface area contributed by atoms with Gasteiger partial charge in [-0.2, -0.15) is 0 Å². The predicted octanol–water partition coefficient (Wildman–Crippen LogP) is 2.88. The van der Waals surface area contributed by atoms with Crippen molar-refractivity contribution in [2.75, 3.05) is 33.0 Å². The molecule has 146 valence electrons. The maximum atomic E-state index is 13.4. The van der Waals surface area contributed by atoms with Crippen LogP contribution in [0.25, 0.3) is 0 Å². The summed E-state index contributed by atoms with van der Waals surface area (Å²) in [5, 5.41) is 3.08. The Bertz CT molecular complexity index is 900. The van der Waals surface area contributed by atoms with Gasteiger partial charge in [-0.3, -0.25) is 9.69 Å². The lowest BCUT2D eigenvalue weighted by atomic mass is 9.77. The highest BCUT2D eigenvalue weighted by atomic mass is 32.1. The van der Waals surface area contributed by atoms with Crippen molar-refractivity contribution in [3.8, 4) is 11.5 Å². The number of rotatable bonds is 5. The molecule has 2 saturated heterocycles. The Morgan fingerprint density at radius 1 is 1.36 bits per heavy atom. The molecule has 1 aromatic heterocycles. The summed E-state index contributed by atoms with van der Waals surface area (Å²) in [6.45, 7) is 7.89. The number of likely N-dealkylation sites (tertiary alicyclic amines) is 2. The molecule has 1 spiro atoms. The zero-order valence-corrected chi connectivity index (χ0v) is 16.5. The van der Waals surface area contributed by atoms with Crippen molar-refractivity contribution in [2.24, 2.45) is 5.41 Å². The number of ether oxygens (including phenoxy) is 2. The van der Waals surface area contributed by atoms with Crippen molar-refractivity contribution in [3.63, 3.8) is 0 Å². The zero-order chi connectivity index (χ0) is 19.1. The molecule has 3 aliphatic rings. The van der Waals surface area contributed by atoms with Crippen LogP contribution in [0, 0.1) is 5.41 Å². The summed E-state index contributed by atoms with van der Waals surface area (Å²) in [5.74, 6) is 2.00. The Labute approximate surface area is 168 Å². The molecule has 6 nitrogen and oxygen atoms in total. The molecule has 0 unspecified atom stereocenters. The molecule has 0 aliphatic carbocycles. The summed E-state index contributed by atoms with van der Waals surface area (Å²) in [4.78, 5) is 22.3. The number of carbonyl (C=O) groups excluding carboxylic acids is 1. The first-order valence-corrected chi connectivity index (χ1v) is 10.5. The van der Waals surface area contributed by atoms with Crippen LogP contribution in [-0.2, 0) is 11.3 Å². The van der Waals surface area contributed by atoms with E-state index in [4.69, 9.17) is 9.47 Å². The number of hydrogen-bond acceptors (Lipinski definition) is 6. The minimum Gasteiger partial charge on any atom is -0.454 e. The van der Waals surface area contributed by atoms with E-state index in [0.29, 0.717) is 6.54 Å². The third-order valence-electron chi connectivity index (χ3n) is 6.10. The summed E-state index contributed by atoms with van der Waals surface area (Å²) >= 11 is 1.66. The number of carbonyl (C=O) groups is 1. The van der Waals surface area contributed by atoms with Gasteiger partial charge in [-0.25, -0.2) is 4.98 Å². The Balaban J connectivity index is 1.41. The smallest absolute Gasteiger partial charge is 0.231 e. The highest BCUT2D eigenvalue weighted by Gasteiger charge is 2.57. The highest BCUT2D eigenvalue weighted by molar-refractivity contribution is 7.09. The van der Waals surface area contributed by atoms with E-state index in [2.05, 4.69) is 22.5 Å². The topological polar surface area (TPSA) is 54.9 Å². The Morgan fingerprint density at radius 2 is 2.25 bits per heavy atom. The number of hydrogen-bond donors (Lipinski definition) is 0. The van der Waals surface area contributed by atoms with E-state index < -0.39 is 0 Å². The van der Waals surface area contributed by atoms with E-state index in [1.807, 2.05) is 34.7 Å². The van der Waals surface area contributed by atoms with Crippen LogP contribution in [0.5, 0.6) is 11.5 Å². The van der Waals surface area contributed by atoms with Crippen LogP contribution in [0.15, 0.2) is 42.4 Å². The number of aromatic nitrogens is 1. The lowest BCUT2D eigenvalue weighted by Gasteiger charge is -2.27. The average molecular weight is 398 g/mol. The molecule has 7 heteroatoms. The normalized spacial score (nSPS) is 26.5. The minimum atomic E-state index is -0.378. The Morgan fingerprint density at radius 3 is 3.07 bits per heavy atom. The lowest BCUT2D eigenvalue weighted by molar-refractivity contribution is -0.135. The van der Waals surface area contributed by atoms with Gasteiger partial charge in [0.25, 0.3) is 0 Å². The minimum absolute atomic E-state index is 0.142. The molecule has 1 aromatic carbocycles. The number of fused-ring (bicyclic) bond motifs is 1. The van der Waals surface area contributed by atoms with Gasteiger partial charge in [0.1, 0.15) is 0 Å².